The van der Waals surface area contributed by atoms with E-state index < -0.39 is 91.5 Å². The van der Waals surface area contributed by atoms with Gasteiger partial charge in [-0.2, -0.15) is 0 Å². The Bertz CT molecular complexity index is 3150. The van der Waals surface area contributed by atoms with Crippen LogP contribution >= 0.6 is 15.6 Å². The van der Waals surface area contributed by atoms with Crippen LogP contribution in [0.4, 0.5) is 0 Å². The highest BCUT2D eigenvalue weighted by Gasteiger charge is 2.29. The second-order valence-electron chi connectivity index (χ2n) is 32.1. The molecule has 0 aromatic rings. The fourth-order valence-corrected chi connectivity index (χ4v) is 14.5. The van der Waals surface area contributed by atoms with Crippen molar-refractivity contribution in [3.63, 3.8) is 0 Å². The van der Waals surface area contributed by atoms with E-state index in [2.05, 4.69) is 221 Å². The van der Waals surface area contributed by atoms with Gasteiger partial charge in [-0.15, -0.1) is 0 Å². The lowest BCUT2D eigenvalue weighted by Crippen LogP contribution is -2.29. The fraction of sp³-hybridized carbons (Fsp3) is 0.636. The first kappa shape index (κ1) is 119. The molecule has 0 heterocycles. The monoisotopic (exact) mass is 1780 g/mol. The van der Waals surface area contributed by atoms with Crippen LogP contribution in [0.15, 0.2) is 219 Å². The van der Waals surface area contributed by atoms with E-state index in [1.807, 2.05) is 18.2 Å². The molecule has 710 valence electrons. The Balaban J connectivity index is 4.54. The summed E-state index contributed by atoms with van der Waals surface area (Å²) in [6, 6.07) is 0. The smallest absolute Gasteiger partial charge is 0.463 e. The Morgan fingerprint density at radius 2 is 0.416 bits per heavy atom. The number of phosphoric ester groups is 2. The van der Waals surface area contributed by atoms with Crippen LogP contribution in [-0.2, 0) is 55.8 Å². The maximum Gasteiger partial charge on any atom is 0.472 e. The van der Waals surface area contributed by atoms with E-state index in [9.17, 15) is 43.5 Å². The van der Waals surface area contributed by atoms with Gasteiger partial charge in [0.1, 0.15) is 25.4 Å². The zero-order valence-corrected chi connectivity index (χ0v) is 80.2. The number of hydrogen-bond acceptors (Lipinski definition) is 14. The summed E-state index contributed by atoms with van der Waals surface area (Å²) >= 11 is 0. The summed E-state index contributed by atoms with van der Waals surface area (Å²) in [6.45, 7) is 2.28. The Labute approximate surface area is 762 Å². The Kier molecular flexibility index (Phi) is 92.2. The average Bonchev–Trinajstić information content (AvgIpc) is 0.893. The normalized spacial score (nSPS) is 14.6. The Hall–Kier alpha value is -6.13. The van der Waals surface area contributed by atoms with Crippen molar-refractivity contribution >= 4 is 33.6 Å². The van der Waals surface area contributed by atoms with Crippen molar-refractivity contribution in [2.45, 2.75) is 399 Å². The summed E-state index contributed by atoms with van der Waals surface area (Å²) in [5, 5.41) is 20.8. The molecule has 4 N–H and O–H groups in total. The summed E-state index contributed by atoms with van der Waals surface area (Å²) < 4.78 is 61.4. The van der Waals surface area contributed by atoms with Crippen molar-refractivity contribution in [3.05, 3.63) is 219 Å². The van der Waals surface area contributed by atoms with E-state index in [-0.39, 0.29) is 19.3 Å². The number of phosphoric acid groups is 2. The predicted octanol–water partition coefficient (Wildman–Crippen LogP) is 30.9. The molecule has 5 unspecified atom stereocenters. The minimum atomic E-state index is -4.97. The number of carbonyl (C=O) groups is 3. The highest BCUT2D eigenvalue weighted by atomic mass is 31.2. The van der Waals surface area contributed by atoms with Gasteiger partial charge >= 0.3 is 33.6 Å². The number of hydrogen-bond donors (Lipinski definition) is 4. The molecular formula is C107H176O16P2. The molecule has 0 spiro atoms. The quantitative estimate of drug-likeness (QED) is 0.0146. The maximum absolute atomic E-state index is 13.0. The zero-order chi connectivity index (χ0) is 90.7. The number of esters is 3. The predicted molar refractivity (Wildman–Crippen MR) is 527 cm³/mol. The number of aliphatic hydroxyl groups is 2. The van der Waals surface area contributed by atoms with Crippen molar-refractivity contribution in [1.82, 2.24) is 0 Å². The molecule has 0 aliphatic carbocycles. The van der Waals surface area contributed by atoms with Crippen LogP contribution < -0.4 is 0 Å². The van der Waals surface area contributed by atoms with E-state index in [0.29, 0.717) is 25.7 Å². The molecule has 0 fully saturated rings. The number of aliphatic hydroxyl groups excluding tert-OH is 2. The van der Waals surface area contributed by atoms with Gasteiger partial charge in [0.25, 0.3) is 0 Å². The van der Waals surface area contributed by atoms with Crippen molar-refractivity contribution in [1.29, 1.82) is 0 Å². The average molecular weight is 1780 g/mol. The Morgan fingerprint density at radius 1 is 0.224 bits per heavy atom. The topological polar surface area (TPSA) is 231 Å². The molecule has 0 saturated heterocycles. The third kappa shape index (κ3) is 98.3. The van der Waals surface area contributed by atoms with Gasteiger partial charge < -0.3 is 34.2 Å². The number of carbonyl (C=O) groups excluding carboxylic acids is 3. The van der Waals surface area contributed by atoms with Crippen LogP contribution in [0.1, 0.15) is 380 Å². The minimum absolute atomic E-state index is 0.0259. The molecule has 0 bridgehead atoms. The van der Waals surface area contributed by atoms with Crippen LogP contribution in [0.3, 0.4) is 0 Å². The SMILES string of the molecule is CC/C=C\C/C=C\C/C=C\C/C=C\C/C=C\C/C=C\CCCCCCCCCCCCCCCCCCC(=O)OCC(O)COP(=O)(O)OCC(O)COP(=O)(O)OCC(COC(=O)CCCCCCCCCCCCCCCCCC/C=C\C/C=C\C/C=C\C/C=C\C/C=C\C/C=C\CC)OC(=O)CC/C=C\C/C=C\C/C=C\C/C=C\C/C=C\C/C=C\CC. The molecule has 0 aromatic heterocycles. The number of allylic oxidation sites excluding steroid dienone is 36. The first-order valence-electron chi connectivity index (χ1n) is 49.0. The first-order valence-corrected chi connectivity index (χ1v) is 52.0. The fourth-order valence-electron chi connectivity index (χ4n) is 12.9. The van der Waals surface area contributed by atoms with Gasteiger partial charge in [-0.1, -0.05) is 419 Å². The number of rotatable bonds is 91. The standard InChI is InChI=1S/C107H176O16P2/c1-4-7-10-13-16-19-22-25-28-31-34-36-38-40-42-44-46-48-50-52-54-56-58-60-62-64-67-69-72-75-78-81-84-87-90-93-105(110)117-96-102(108)97-119-124(113,114)120-98-103(109)99-121-125(115,116)122-101-104(123-107(112)95-92-89-86-83-80-77-74-71-66-33-30-27-24-21-18-15-12-9-6-3)100-118-106(111)94-91-88-85-82-79-76-73-70-68-65-63-61-59-57-55-53-51-49-47-45-43-41-39-37-35-32-29-26-23-20-17-14-11-8-5-2/h7-12,16-21,25-30,34-37,40-43,46-49,66,71,77,80,86,89,102-104,108-109H,4-6,13-15,22-24,31-33,38-39,44-45,50-65,67-70,72-76,78-79,81-85,87-88,90-101H2,1-3H3,(H,113,114)(H,115,116)/b10-7-,11-8-,12-9-,19-16-,20-17-,21-18-,28-25-,29-26-,30-27-,36-34-,37-35-,42-40-,43-41-,48-46-,49-47-,71-66-,80-77-,89-86-. The van der Waals surface area contributed by atoms with Crippen molar-refractivity contribution in [3.8, 4) is 0 Å². The summed E-state index contributed by atoms with van der Waals surface area (Å²) in [6.07, 6.45) is 133. The molecular weight excluding hydrogens is 1600 g/mol. The lowest BCUT2D eigenvalue weighted by molar-refractivity contribution is -0.161. The van der Waals surface area contributed by atoms with E-state index in [1.54, 1.807) is 0 Å². The van der Waals surface area contributed by atoms with Gasteiger partial charge in [0.2, 0.25) is 0 Å². The molecule has 5 atom stereocenters. The van der Waals surface area contributed by atoms with E-state index in [1.165, 1.54) is 161 Å². The van der Waals surface area contributed by atoms with Crippen molar-refractivity contribution < 1.29 is 75.8 Å². The van der Waals surface area contributed by atoms with Gasteiger partial charge in [0.15, 0.2) is 6.10 Å². The van der Waals surface area contributed by atoms with Gasteiger partial charge in [-0.25, -0.2) is 9.13 Å². The molecule has 0 rings (SSSR count). The van der Waals surface area contributed by atoms with E-state index in [4.69, 9.17) is 32.3 Å². The summed E-state index contributed by atoms with van der Waals surface area (Å²) in [5.41, 5.74) is 0. The van der Waals surface area contributed by atoms with Gasteiger partial charge in [-0.05, 0) is 161 Å². The van der Waals surface area contributed by atoms with Crippen molar-refractivity contribution in [2.75, 3.05) is 39.6 Å². The molecule has 0 radical (unpaired) electrons. The molecule has 0 amide bonds. The summed E-state index contributed by atoms with van der Waals surface area (Å²) in [7, 11) is -9.85. The third-order valence-electron chi connectivity index (χ3n) is 20.2. The lowest BCUT2D eigenvalue weighted by Gasteiger charge is -2.21. The molecule has 18 heteroatoms. The van der Waals surface area contributed by atoms with Crippen LogP contribution in [0.2, 0.25) is 0 Å². The van der Waals surface area contributed by atoms with Crippen LogP contribution in [0.5, 0.6) is 0 Å². The largest absolute Gasteiger partial charge is 0.472 e. The molecule has 0 aliphatic rings. The van der Waals surface area contributed by atoms with Crippen LogP contribution in [0, 0.1) is 0 Å². The number of unbranched alkanes of at least 4 members (excludes halogenated alkanes) is 32. The molecule has 0 aromatic carbocycles. The lowest BCUT2D eigenvalue weighted by atomic mass is 10.0. The van der Waals surface area contributed by atoms with E-state index >= 15 is 0 Å². The molecule has 0 saturated carbocycles. The Morgan fingerprint density at radius 3 is 0.664 bits per heavy atom. The van der Waals surface area contributed by atoms with Crippen LogP contribution in [0.25, 0.3) is 0 Å². The molecule has 125 heavy (non-hydrogen) atoms. The van der Waals surface area contributed by atoms with Gasteiger partial charge in [0.05, 0.1) is 26.4 Å². The molecule has 16 nitrogen and oxygen atoms in total. The summed E-state index contributed by atoms with van der Waals surface area (Å²) in [4.78, 5) is 59.0. The number of ether oxygens (including phenoxy) is 3. The second-order valence-corrected chi connectivity index (χ2v) is 35.0. The zero-order valence-electron chi connectivity index (χ0n) is 78.4. The van der Waals surface area contributed by atoms with Crippen LogP contribution in [-0.4, -0.2) is 95.9 Å². The highest BCUT2D eigenvalue weighted by Crippen LogP contribution is 2.45. The minimum Gasteiger partial charge on any atom is -0.463 e. The first-order chi connectivity index (χ1) is 61.2. The third-order valence-corrected chi connectivity index (χ3v) is 22.1. The van der Waals surface area contributed by atoms with Gasteiger partial charge in [-0.3, -0.25) is 32.5 Å². The van der Waals surface area contributed by atoms with E-state index in [0.717, 1.165) is 154 Å². The summed E-state index contributed by atoms with van der Waals surface area (Å²) in [5.74, 6) is -1.67. The van der Waals surface area contributed by atoms with Gasteiger partial charge in [0, 0.05) is 19.3 Å². The highest BCUT2D eigenvalue weighted by molar-refractivity contribution is 7.47. The molecule has 0 aliphatic heterocycles. The second kappa shape index (κ2) is 96.9. The maximum atomic E-state index is 13.0. The van der Waals surface area contributed by atoms with Crippen molar-refractivity contribution in [2.24, 2.45) is 0 Å².